The molecule has 21 heavy (non-hydrogen) atoms. The Labute approximate surface area is 132 Å². The van der Waals surface area contributed by atoms with Crippen LogP contribution in [0.15, 0.2) is 48.7 Å². The summed E-state index contributed by atoms with van der Waals surface area (Å²) in [6, 6.07) is 13.3. The van der Waals surface area contributed by atoms with Gasteiger partial charge in [0.15, 0.2) is 0 Å². The van der Waals surface area contributed by atoms with Crippen molar-refractivity contribution >= 4 is 22.9 Å². The minimum Gasteiger partial charge on any atom is -0.228 e. The van der Waals surface area contributed by atoms with Crippen LogP contribution in [0.5, 0.6) is 0 Å². The SMILES string of the molecule is Cc1ccc(Cl)c(Cc2ccc(-c3ccc(F)nc3)s2)c1. The van der Waals surface area contributed by atoms with Crippen molar-refractivity contribution in [2.75, 3.05) is 0 Å². The Kier molecular flexibility index (Phi) is 4.04. The summed E-state index contributed by atoms with van der Waals surface area (Å²) in [6.45, 7) is 2.06. The molecule has 3 rings (SSSR count). The summed E-state index contributed by atoms with van der Waals surface area (Å²) in [4.78, 5) is 6.00. The van der Waals surface area contributed by atoms with Crippen molar-refractivity contribution < 1.29 is 4.39 Å². The molecule has 106 valence electrons. The van der Waals surface area contributed by atoms with Gasteiger partial charge in [0.05, 0.1) is 0 Å². The van der Waals surface area contributed by atoms with Crippen molar-refractivity contribution in [3.8, 4) is 10.4 Å². The van der Waals surface area contributed by atoms with Crippen molar-refractivity contribution in [2.45, 2.75) is 13.3 Å². The number of rotatable bonds is 3. The molecular weight excluding hydrogens is 305 g/mol. The number of halogens is 2. The summed E-state index contributed by atoms with van der Waals surface area (Å²) in [5.41, 5.74) is 3.26. The molecule has 0 spiro atoms. The molecule has 0 saturated carbocycles. The highest BCUT2D eigenvalue weighted by Gasteiger charge is 2.07. The molecule has 0 atom stereocenters. The van der Waals surface area contributed by atoms with Gasteiger partial charge >= 0.3 is 0 Å². The lowest BCUT2D eigenvalue weighted by Gasteiger charge is -2.04. The number of aryl methyl sites for hydroxylation is 1. The average Bonchev–Trinajstić information content (AvgIpc) is 2.92. The second kappa shape index (κ2) is 5.96. The van der Waals surface area contributed by atoms with Crippen LogP contribution >= 0.6 is 22.9 Å². The van der Waals surface area contributed by atoms with Crippen LogP contribution in [0.3, 0.4) is 0 Å². The van der Waals surface area contributed by atoms with Gasteiger partial charge < -0.3 is 0 Å². The van der Waals surface area contributed by atoms with Crippen LogP contribution in [-0.4, -0.2) is 4.98 Å². The number of benzene rings is 1. The van der Waals surface area contributed by atoms with Gasteiger partial charge in [-0.1, -0.05) is 29.3 Å². The molecule has 2 heterocycles. The first kappa shape index (κ1) is 14.2. The molecule has 0 unspecified atom stereocenters. The first-order valence-electron chi connectivity index (χ1n) is 6.57. The zero-order valence-electron chi connectivity index (χ0n) is 11.4. The third-order valence-electron chi connectivity index (χ3n) is 3.24. The van der Waals surface area contributed by atoms with E-state index in [0.717, 1.165) is 27.4 Å². The molecule has 0 aliphatic heterocycles. The van der Waals surface area contributed by atoms with E-state index in [2.05, 4.69) is 24.0 Å². The van der Waals surface area contributed by atoms with Gasteiger partial charge in [0.2, 0.25) is 5.95 Å². The van der Waals surface area contributed by atoms with Gasteiger partial charge in [0, 0.05) is 33.0 Å². The van der Waals surface area contributed by atoms with Crippen molar-refractivity contribution in [2.24, 2.45) is 0 Å². The summed E-state index contributed by atoms with van der Waals surface area (Å²) in [5, 5.41) is 0.791. The highest BCUT2D eigenvalue weighted by Crippen LogP contribution is 2.30. The van der Waals surface area contributed by atoms with E-state index >= 15 is 0 Å². The van der Waals surface area contributed by atoms with Crippen LogP contribution in [0.25, 0.3) is 10.4 Å². The molecule has 0 radical (unpaired) electrons. The standard InChI is InChI=1S/C17H13ClFNS/c1-11-2-5-15(18)13(8-11)9-14-4-6-16(21-14)12-3-7-17(19)20-10-12/h2-8,10H,9H2,1H3. The van der Waals surface area contributed by atoms with Crippen LogP contribution in [-0.2, 0) is 6.42 Å². The number of thiophene rings is 1. The second-order valence-electron chi connectivity index (χ2n) is 4.91. The molecule has 0 aliphatic carbocycles. The highest BCUT2D eigenvalue weighted by atomic mass is 35.5. The zero-order valence-corrected chi connectivity index (χ0v) is 13.0. The van der Waals surface area contributed by atoms with Crippen LogP contribution in [0.1, 0.15) is 16.0 Å². The lowest BCUT2D eigenvalue weighted by molar-refractivity contribution is 0.584. The largest absolute Gasteiger partial charge is 0.228 e. The normalized spacial score (nSPS) is 10.8. The van der Waals surface area contributed by atoms with Gasteiger partial charge in [-0.3, -0.25) is 0 Å². The summed E-state index contributed by atoms with van der Waals surface area (Å²) in [5.74, 6) is -0.456. The Morgan fingerprint density at radius 3 is 2.76 bits per heavy atom. The molecule has 2 aromatic heterocycles. The van der Waals surface area contributed by atoms with E-state index in [-0.39, 0.29) is 0 Å². The number of aromatic nitrogens is 1. The van der Waals surface area contributed by atoms with Crippen molar-refractivity contribution in [1.29, 1.82) is 0 Å². The molecule has 0 fully saturated rings. The molecular formula is C17H13ClFNS. The maximum Gasteiger partial charge on any atom is 0.212 e. The maximum absolute atomic E-state index is 12.9. The van der Waals surface area contributed by atoms with Crippen LogP contribution in [0.4, 0.5) is 4.39 Å². The van der Waals surface area contributed by atoms with Crippen molar-refractivity contribution in [3.63, 3.8) is 0 Å². The topological polar surface area (TPSA) is 12.9 Å². The van der Waals surface area contributed by atoms with Gasteiger partial charge in [0.25, 0.3) is 0 Å². The minimum absolute atomic E-state index is 0.456. The number of nitrogens with zero attached hydrogens (tertiary/aromatic N) is 1. The predicted octanol–water partition coefficient (Wildman–Crippen LogP) is 5.50. The van der Waals surface area contributed by atoms with E-state index in [9.17, 15) is 4.39 Å². The fraction of sp³-hybridized carbons (Fsp3) is 0.118. The molecule has 0 saturated heterocycles. The van der Waals surface area contributed by atoms with Crippen LogP contribution in [0, 0.1) is 12.9 Å². The first-order valence-corrected chi connectivity index (χ1v) is 7.77. The number of hydrogen-bond donors (Lipinski definition) is 0. The Bertz CT molecular complexity index is 765. The average molecular weight is 318 g/mol. The summed E-state index contributed by atoms with van der Waals surface area (Å²) in [7, 11) is 0. The van der Waals surface area contributed by atoms with E-state index in [4.69, 9.17) is 11.6 Å². The Morgan fingerprint density at radius 2 is 2.00 bits per heavy atom. The first-order chi connectivity index (χ1) is 10.1. The minimum atomic E-state index is -0.456. The zero-order chi connectivity index (χ0) is 14.8. The van der Waals surface area contributed by atoms with E-state index in [1.807, 2.05) is 18.2 Å². The highest BCUT2D eigenvalue weighted by molar-refractivity contribution is 7.15. The molecule has 0 N–H and O–H groups in total. The summed E-state index contributed by atoms with van der Waals surface area (Å²) >= 11 is 7.92. The summed E-state index contributed by atoms with van der Waals surface area (Å²) < 4.78 is 12.9. The fourth-order valence-corrected chi connectivity index (χ4v) is 3.38. The van der Waals surface area contributed by atoms with Gasteiger partial charge in [-0.05, 0) is 42.8 Å². The van der Waals surface area contributed by atoms with E-state index in [0.29, 0.717) is 0 Å². The summed E-state index contributed by atoms with van der Waals surface area (Å²) in [6.07, 6.45) is 2.37. The van der Waals surface area contributed by atoms with Gasteiger partial charge in [-0.25, -0.2) is 4.98 Å². The molecule has 4 heteroatoms. The van der Waals surface area contributed by atoms with Crippen molar-refractivity contribution in [1.82, 2.24) is 4.98 Å². The smallest absolute Gasteiger partial charge is 0.212 e. The molecule has 1 aromatic carbocycles. The van der Waals surface area contributed by atoms with Gasteiger partial charge in [0.1, 0.15) is 0 Å². The molecule has 1 nitrogen and oxygen atoms in total. The lowest BCUT2D eigenvalue weighted by Crippen LogP contribution is -1.87. The van der Waals surface area contributed by atoms with E-state index < -0.39 is 5.95 Å². The molecule has 0 amide bonds. The Hall–Kier alpha value is -1.71. The second-order valence-corrected chi connectivity index (χ2v) is 6.48. The number of hydrogen-bond acceptors (Lipinski definition) is 2. The van der Waals surface area contributed by atoms with E-state index in [1.54, 1.807) is 23.6 Å². The van der Waals surface area contributed by atoms with Crippen molar-refractivity contribution in [3.05, 3.63) is 75.6 Å². The molecule has 0 bridgehead atoms. The van der Waals surface area contributed by atoms with E-state index in [1.165, 1.54) is 16.5 Å². The van der Waals surface area contributed by atoms with Gasteiger partial charge in [-0.15, -0.1) is 11.3 Å². The third-order valence-corrected chi connectivity index (χ3v) is 4.74. The molecule has 3 aromatic rings. The monoisotopic (exact) mass is 317 g/mol. The van der Waals surface area contributed by atoms with Gasteiger partial charge in [-0.2, -0.15) is 4.39 Å². The quantitative estimate of drug-likeness (QED) is 0.581. The lowest BCUT2D eigenvalue weighted by atomic mass is 10.1. The fourth-order valence-electron chi connectivity index (χ4n) is 2.18. The van der Waals surface area contributed by atoms with Crippen LogP contribution in [0.2, 0.25) is 5.02 Å². The third kappa shape index (κ3) is 3.31. The maximum atomic E-state index is 12.9. The Morgan fingerprint density at radius 1 is 1.14 bits per heavy atom. The Balaban J connectivity index is 1.85. The number of pyridine rings is 1. The predicted molar refractivity (Wildman–Crippen MR) is 86.5 cm³/mol. The van der Waals surface area contributed by atoms with Crippen LogP contribution < -0.4 is 0 Å². The molecule has 0 aliphatic rings.